The van der Waals surface area contributed by atoms with Crippen molar-refractivity contribution in [1.82, 2.24) is 10.2 Å². The second kappa shape index (κ2) is 8.10. The average molecular weight is 240 g/mol. The average Bonchev–Trinajstić information content (AvgIpc) is 2.34. The van der Waals surface area contributed by atoms with E-state index in [-0.39, 0.29) is 0 Å². The van der Waals surface area contributed by atoms with E-state index in [0.29, 0.717) is 6.04 Å². The molecule has 1 fully saturated rings. The summed E-state index contributed by atoms with van der Waals surface area (Å²) in [5.74, 6) is 1.85. The summed E-state index contributed by atoms with van der Waals surface area (Å²) >= 11 is 0. The Bertz CT molecular complexity index is 183. The molecule has 2 nitrogen and oxygen atoms in total. The van der Waals surface area contributed by atoms with Gasteiger partial charge in [-0.3, -0.25) is 0 Å². The Morgan fingerprint density at radius 2 is 1.82 bits per heavy atom. The van der Waals surface area contributed by atoms with Gasteiger partial charge in [0.25, 0.3) is 0 Å². The van der Waals surface area contributed by atoms with Gasteiger partial charge in [-0.25, -0.2) is 0 Å². The van der Waals surface area contributed by atoms with Gasteiger partial charge in [0.15, 0.2) is 0 Å². The minimum absolute atomic E-state index is 0.678. The molecule has 1 saturated heterocycles. The SMILES string of the molecule is CCCNC(C)CCN1CCC(C(C)C)CC1. The molecule has 2 heteroatoms. The molecule has 102 valence electrons. The van der Waals surface area contributed by atoms with Gasteiger partial charge in [-0.05, 0) is 70.6 Å². The molecule has 1 unspecified atom stereocenters. The summed E-state index contributed by atoms with van der Waals surface area (Å²) in [5, 5.41) is 3.57. The fourth-order valence-electron chi connectivity index (χ4n) is 2.71. The third kappa shape index (κ3) is 5.87. The molecular formula is C15H32N2. The smallest absolute Gasteiger partial charge is 0.00508 e. The van der Waals surface area contributed by atoms with E-state index in [2.05, 4.69) is 37.9 Å². The van der Waals surface area contributed by atoms with Gasteiger partial charge < -0.3 is 10.2 Å². The first kappa shape index (κ1) is 15.0. The van der Waals surface area contributed by atoms with Crippen LogP contribution in [0.1, 0.15) is 53.4 Å². The standard InChI is InChI=1S/C15H32N2/c1-5-9-16-14(4)6-10-17-11-7-15(8-12-17)13(2)3/h13-16H,5-12H2,1-4H3. The first-order valence-corrected chi connectivity index (χ1v) is 7.59. The van der Waals surface area contributed by atoms with Crippen LogP contribution in [0.25, 0.3) is 0 Å². The van der Waals surface area contributed by atoms with Crippen LogP contribution in [0.2, 0.25) is 0 Å². The highest BCUT2D eigenvalue weighted by molar-refractivity contribution is 4.75. The van der Waals surface area contributed by atoms with Crippen molar-refractivity contribution < 1.29 is 0 Å². The molecule has 1 atom stereocenters. The van der Waals surface area contributed by atoms with Crippen molar-refractivity contribution in [3.63, 3.8) is 0 Å². The number of piperidine rings is 1. The lowest BCUT2D eigenvalue weighted by molar-refractivity contribution is 0.153. The zero-order chi connectivity index (χ0) is 12.7. The Balaban J connectivity index is 2.09. The van der Waals surface area contributed by atoms with E-state index in [1.807, 2.05) is 0 Å². The van der Waals surface area contributed by atoms with Gasteiger partial charge in [0.1, 0.15) is 0 Å². The van der Waals surface area contributed by atoms with Crippen LogP contribution in [0.5, 0.6) is 0 Å². The van der Waals surface area contributed by atoms with E-state index in [4.69, 9.17) is 0 Å². The van der Waals surface area contributed by atoms with Crippen LogP contribution in [-0.4, -0.2) is 37.1 Å². The summed E-state index contributed by atoms with van der Waals surface area (Å²) < 4.78 is 0. The molecule has 0 aromatic rings. The molecule has 0 saturated carbocycles. The van der Waals surface area contributed by atoms with E-state index in [9.17, 15) is 0 Å². The monoisotopic (exact) mass is 240 g/mol. The molecule has 0 bridgehead atoms. The van der Waals surface area contributed by atoms with Crippen LogP contribution in [-0.2, 0) is 0 Å². The third-order valence-electron chi connectivity index (χ3n) is 4.20. The van der Waals surface area contributed by atoms with Gasteiger partial charge in [0.2, 0.25) is 0 Å². The molecule has 1 N–H and O–H groups in total. The predicted molar refractivity (Wildman–Crippen MR) is 76.4 cm³/mol. The molecule has 1 rings (SSSR count). The normalized spacial score (nSPS) is 21.0. The summed E-state index contributed by atoms with van der Waals surface area (Å²) in [4.78, 5) is 2.66. The first-order valence-electron chi connectivity index (χ1n) is 7.59. The second-order valence-corrected chi connectivity index (χ2v) is 6.07. The van der Waals surface area contributed by atoms with Crippen LogP contribution in [0.3, 0.4) is 0 Å². The van der Waals surface area contributed by atoms with Crippen molar-refractivity contribution in [2.75, 3.05) is 26.2 Å². The lowest BCUT2D eigenvalue weighted by Gasteiger charge is -2.34. The van der Waals surface area contributed by atoms with E-state index in [1.165, 1.54) is 45.3 Å². The maximum absolute atomic E-state index is 3.57. The molecule has 1 aliphatic heterocycles. The highest BCUT2D eigenvalue weighted by Crippen LogP contribution is 2.24. The molecule has 17 heavy (non-hydrogen) atoms. The molecule has 0 amide bonds. The van der Waals surface area contributed by atoms with E-state index in [0.717, 1.165) is 18.4 Å². The third-order valence-corrected chi connectivity index (χ3v) is 4.20. The largest absolute Gasteiger partial charge is 0.314 e. The van der Waals surface area contributed by atoms with Crippen molar-refractivity contribution in [3.8, 4) is 0 Å². The maximum atomic E-state index is 3.57. The number of hydrogen-bond donors (Lipinski definition) is 1. The number of nitrogens with one attached hydrogen (secondary N) is 1. The quantitative estimate of drug-likeness (QED) is 0.735. The maximum Gasteiger partial charge on any atom is 0.00508 e. The lowest BCUT2D eigenvalue weighted by Crippen LogP contribution is -2.38. The van der Waals surface area contributed by atoms with Crippen molar-refractivity contribution >= 4 is 0 Å². The highest BCUT2D eigenvalue weighted by Gasteiger charge is 2.21. The molecule has 0 aliphatic carbocycles. The lowest BCUT2D eigenvalue weighted by atomic mass is 9.86. The molecule has 0 aromatic heterocycles. The molecule has 1 aliphatic rings. The van der Waals surface area contributed by atoms with Gasteiger partial charge in [-0.1, -0.05) is 20.8 Å². The second-order valence-electron chi connectivity index (χ2n) is 6.07. The molecule has 0 spiro atoms. The van der Waals surface area contributed by atoms with Crippen LogP contribution >= 0.6 is 0 Å². The Hall–Kier alpha value is -0.0800. The van der Waals surface area contributed by atoms with Gasteiger partial charge in [0, 0.05) is 6.04 Å². The summed E-state index contributed by atoms with van der Waals surface area (Å²) in [6.07, 6.45) is 5.36. The number of hydrogen-bond acceptors (Lipinski definition) is 2. The fourth-order valence-corrected chi connectivity index (χ4v) is 2.71. The number of nitrogens with zero attached hydrogens (tertiary/aromatic N) is 1. The molecule has 0 radical (unpaired) electrons. The van der Waals surface area contributed by atoms with Crippen LogP contribution in [0, 0.1) is 11.8 Å². The minimum atomic E-state index is 0.678. The van der Waals surface area contributed by atoms with E-state index < -0.39 is 0 Å². The summed E-state index contributed by atoms with van der Waals surface area (Å²) in [6, 6.07) is 0.678. The van der Waals surface area contributed by atoms with Gasteiger partial charge in [-0.15, -0.1) is 0 Å². The molecular weight excluding hydrogens is 208 g/mol. The highest BCUT2D eigenvalue weighted by atomic mass is 15.1. The Kier molecular flexibility index (Phi) is 7.14. The minimum Gasteiger partial charge on any atom is -0.314 e. The fraction of sp³-hybridized carbons (Fsp3) is 1.00. The summed E-state index contributed by atoms with van der Waals surface area (Å²) in [5.41, 5.74) is 0. The zero-order valence-electron chi connectivity index (χ0n) is 12.3. The van der Waals surface area contributed by atoms with Gasteiger partial charge in [-0.2, -0.15) is 0 Å². The zero-order valence-corrected chi connectivity index (χ0v) is 12.3. The van der Waals surface area contributed by atoms with Gasteiger partial charge >= 0.3 is 0 Å². The van der Waals surface area contributed by atoms with Crippen molar-refractivity contribution in [3.05, 3.63) is 0 Å². The molecule has 1 heterocycles. The number of rotatable bonds is 7. The number of likely N-dealkylation sites (tertiary alicyclic amines) is 1. The molecule has 0 aromatic carbocycles. The Labute approximate surface area is 108 Å². The first-order chi connectivity index (χ1) is 8.13. The van der Waals surface area contributed by atoms with Crippen LogP contribution in [0.4, 0.5) is 0 Å². The van der Waals surface area contributed by atoms with Crippen molar-refractivity contribution in [2.45, 2.75) is 59.4 Å². The van der Waals surface area contributed by atoms with Gasteiger partial charge in [0.05, 0.1) is 0 Å². The van der Waals surface area contributed by atoms with Crippen LogP contribution in [0.15, 0.2) is 0 Å². The topological polar surface area (TPSA) is 15.3 Å². The van der Waals surface area contributed by atoms with E-state index >= 15 is 0 Å². The summed E-state index contributed by atoms with van der Waals surface area (Å²) in [6.45, 7) is 14.4. The van der Waals surface area contributed by atoms with Crippen molar-refractivity contribution in [2.24, 2.45) is 11.8 Å². The predicted octanol–water partition coefficient (Wildman–Crippen LogP) is 3.13. The Morgan fingerprint density at radius 3 is 2.35 bits per heavy atom. The van der Waals surface area contributed by atoms with Crippen LogP contribution < -0.4 is 5.32 Å². The Morgan fingerprint density at radius 1 is 1.18 bits per heavy atom. The van der Waals surface area contributed by atoms with Crippen molar-refractivity contribution in [1.29, 1.82) is 0 Å². The summed E-state index contributed by atoms with van der Waals surface area (Å²) in [7, 11) is 0. The van der Waals surface area contributed by atoms with E-state index in [1.54, 1.807) is 0 Å².